The van der Waals surface area contributed by atoms with E-state index >= 15 is 0 Å². The van der Waals surface area contributed by atoms with Gasteiger partial charge in [0.15, 0.2) is 0 Å². The van der Waals surface area contributed by atoms with Crippen LogP contribution in [-0.4, -0.2) is 19.8 Å². The molecule has 2 aromatic rings. The van der Waals surface area contributed by atoms with E-state index < -0.39 is 4.92 Å². The highest BCUT2D eigenvalue weighted by atomic mass is 32.2. The molecule has 0 aliphatic heterocycles. The molecule has 1 aromatic carbocycles. The Bertz CT molecular complexity index is 566. The first kappa shape index (κ1) is 12.4. The third-order valence-corrected chi connectivity index (χ3v) is 3.36. The minimum Gasteiger partial charge on any atom is -0.336 e. The molecule has 1 heterocycles. The van der Waals surface area contributed by atoms with Gasteiger partial charge in [0.1, 0.15) is 5.82 Å². The molecule has 0 aliphatic rings. The maximum absolute atomic E-state index is 10.5. The SMILES string of the molecule is Cc1nnc(SCc2ccc([N+](=O)[O-])cc2)n1N. The summed E-state index contributed by atoms with van der Waals surface area (Å²) < 4.78 is 1.41. The van der Waals surface area contributed by atoms with Crippen LogP contribution in [0.15, 0.2) is 29.4 Å². The average Bonchev–Trinajstić information content (AvgIpc) is 2.68. The number of aryl methyl sites for hydroxylation is 1. The molecule has 0 aliphatic carbocycles. The summed E-state index contributed by atoms with van der Waals surface area (Å²) >= 11 is 1.43. The Hall–Kier alpha value is -2.09. The van der Waals surface area contributed by atoms with E-state index in [1.807, 2.05) is 0 Å². The maximum Gasteiger partial charge on any atom is 0.269 e. The lowest BCUT2D eigenvalue weighted by Gasteiger charge is -2.01. The van der Waals surface area contributed by atoms with E-state index in [4.69, 9.17) is 5.84 Å². The minimum absolute atomic E-state index is 0.0848. The Morgan fingerprint density at radius 2 is 2.06 bits per heavy atom. The van der Waals surface area contributed by atoms with Crippen LogP contribution >= 0.6 is 11.8 Å². The van der Waals surface area contributed by atoms with Crippen molar-refractivity contribution in [3.05, 3.63) is 45.8 Å². The summed E-state index contributed by atoms with van der Waals surface area (Å²) in [5.74, 6) is 6.98. The number of nitrogens with two attached hydrogens (primary N) is 1. The van der Waals surface area contributed by atoms with E-state index in [1.165, 1.54) is 28.6 Å². The molecule has 0 amide bonds. The Morgan fingerprint density at radius 3 is 2.56 bits per heavy atom. The predicted molar refractivity (Wildman–Crippen MR) is 67.6 cm³/mol. The van der Waals surface area contributed by atoms with Gasteiger partial charge in [-0.1, -0.05) is 23.9 Å². The van der Waals surface area contributed by atoms with Crippen molar-refractivity contribution in [1.29, 1.82) is 0 Å². The van der Waals surface area contributed by atoms with E-state index in [1.54, 1.807) is 19.1 Å². The number of benzene rings is 1. The van der Waals surface area contributed by atoms with Crippen molar-refractivity contribution in [2.75, 3.05) is 5.84 Å². The van der Waals surface area contributed by atoms with Crippen LogP contribution in [0.1, 0.15) is 11.4 Å². The predicted octanol–water partition coefficient (Wildman–Crippen LogP) is 1.50. The molecule has 0 bridgehead atoms. The number of hydrogen-bond acceptors (Lipinski definition) is 6. The van der Waals surface area contributed by atoms with Gasteiger partial charge in [0.05, 0.1) is 4.92 Å². The molecule has 0 atom stereocenters. The zero-order valence-corrected chi connectivity index (χ0v) is 10.4. The van der Waals surface area contributed by atoms with Crippen LogP contribution < -0.4 is 5.84 Å². The number of nitro benzene ring substituents is 1. The van der Waals surface area contributed by atoms with E-state index in [0.29, 0.717) is 16.7 Å². The van der Waals surface area contributed by atoms with Gasteiger partial charge in [0.25, 0.3) is 5.69 Å². The smallest absolute Gasteiger partial charge is 0.269 e. The molecule has 0 spiro atoms. The number of rotatable bonds is 4. The first-order chi connectivity index (χ1) is 8.58. The van der Waals surface area contributed by atoms with E-state index in [0.717, 1.165) is 5.56 Å². The van der Waals surface area contributed by atoms with E-state index in [9.17, 15) is 10.1 Å². The lowest BCUT2D eigenvalue weighted by atomic mass is 10.2. The summed E-state index contributed by atoms with van der Waals surface area (Å²) in [5, 5.41) is 18.9. The zero-order valence-electron chi connectivity index (χ0n) is 9.61. The second-order valence-corrected chi connectivity index (χ2v) is 4.55. The highest BCUT2D eigenvalue weighted by Gasteiger charge is 2.08. The highest BCUT2D eigenvalue weighted by molar-refractivity contribution is 7.98. The van der Waals surface area contributed by atoms with E-state index in [-0.39, 0.29) is 5.69 Å². The van der Waals surface area contributed by atoms with Crippen LogP contribution in [0.3, 0.4) is 0 Å². The molecule has 0 fully saturated rings. The molecule has 0 saturated carbocycles. The molecule has 2 N–H and O–H groups in total. The van der Waals surface area contributed by atoms with Crippen molar-refractivity contribution < 1.29 is 4.92 Å². The number of nitrogens with zero attached hydrogens (tertiary/aromatic N) is 4. The fourth-order valence-electron chi connectivity index (χ4n) is 1.31. The Balaban J connectivity index is 2.02. The molecule has 8 heteroatoms. The summed E-state index contributed by atoms with van der Waals surface area (Å²) in [7, 11) is 0. The number of non-ortho nitro benzene ring substituents is 1. The van der Waals surface area contributed by atoms with Crippen LogP contribution in [-0.2, 0) is 5.75 Å². The zero-order chi connectivity index (χ0) is 13.1. The van der Waals surface area contributed by atoms with E-state index in [2.05, 4.69) is 10.2 Å². The van der Waals surface area contributed by atoms with Crippen molar-refractivity contribution in [2.24, 2.45) is 0 Å². The second-order valence-electron chi connectivity index (χ2n) is 3.61. The van der Waals surface area contributed by atoms with Crippen LogP contribution in [0, 0.1) is 17.0 Å². The molecule has 18 heavy (non-hydrogen) atoms. The third-order valence-electron chi connectivity index (χ3n) is 2.35. The number of nitrogen functional groups attached to an aromatic ring is 1. The van der Waals surface area contributed by atoms with Crippen LogP contribution in [0.5, 0.6) is 0 Å². The number of aromatic nitrogens is 3. The van der Waals surface area contributed by atoms with Gasteiger partial charge < -0.3 is 5.84 Å². The molecule has 0 radical (unpaired) electrons. The summed E-state index contributed by atoms with van der Waals surface area (Å²) in [5.41, 5.74) is 1.05. The van der Waals surface area contributed by atoms with Gasteiger partial charge >= 0.3 is 0 Å². The van der Waals surface area contributed by atoms with Gasteiger partial charge in [-0.25, -0.2) is 4.68 Å². The molecular formula is C10H11N5O2S. The molecular weight excluding hydrogens is 254 g/mol. The minimum atomic E-state index is -0.420. The number of hydrogen-bond donors (Lipinski definition) is 1. The maximum atomic E-state index is 10.5. The standard InChI is InChI=1S/C10H11N5O2S/c1-7-12-13-10(14(7)11)18-6-8-2-4-9(5-3-8)15(16)17/h2-5H,6,11H2,1H3. The first-order valence-corrected chi connectivity index (χ1v) is 6.09. The lowest BCUT2D eigenvalue weighted by Crippen LogP contribution is -2.11. The van der Waals surface area contributed by atoms with Crippen LogP contribution in [0.2, 0.25) is 0 Å². The molecule has 94 valence electrons. The fraction of sp³-hybridized carbons (Fsp3) is 0.200. The van der Waals surface area contributed by atoms with Gasteiger partial charge in [-0.3, -0.25) is 10.1 Å². The quantitative estimate of drug-likeness (QED) is 0.389. The van der Waals surface area contributed by atoms with Gasteiger partial charge in [-0.2, -0.15) is 0 Å². The Morgan fingerprint density at radius 1 is 1.39 bits per heavy atom. The van der Waals surface area contributed by atoms with Crippen molar-refractivity contribution in [3.8, 4) is 0 Å². The van der Waals surface area contributed by atoms with Crippen molar-refractivity contribution >= 4 is 17.4 Å². The van der Waals surface area contributed by atoms with Crippen molar-refractivity contribution in [1.82, 2.24) is 14.9 Å². The molecule has 1 aromatic heterocycles. The largest absolute Gasteiger partial charge is 0.336 e. The third kappa shape index (κ3) is 2.59. The molecule has 2 rings (SSSR count). The van der Waals surface area contributed by atoms with Crippen LogP contribution in [0.25, 0.3) is 0 Å². The molecule has 0 unspecified atom stereocenters. The molecule has 7 nitrogen and oxygen atoms in total. The van der Waals surface area contributed by atoms with Gasteiger partial charge in [-0.15, -0.1) is 10.2 Å². The Kier molecular flexibility index (Phi) is 3.47. The van der Waals surface area contributed by atoms with Gasteiger partial charge in [-0.05, 0) is 12.5 Å². The monoisotopic (exact) mass is 265 g/mol. The first-order valence-electron chi connectivity index (χ1n) is 5.11. The summed E-state index contributed by atoms with van der Waals surface area (Å²) in [6, 6.07) is 6.40. The van der Waals surface area contributed by atoms with Crippen LogP contribution in [0.4, 0.5) is 5.69 Å². The normalized spacial score (nSPS) is 10.5. The molecule has 0 saturated heterocycles. The van der Waals surface area contributed by atoms with Gasteiger partial charge in [0.2, 0.25) is 5.16 Å². The van der Waals surface area contributed by atoms with Crippen molar-refractivity contribution in [3.63, 3.8) is 0 Å². The van der Waals surface area contributed by atoms with Crippen molar-refractivity contribution in [2.45, 2.75) is 17.8 Å². The second kappa shape index (κ2) is 5.05. The average molecular weight is 265 g/mol. The highest BCUT2D eigenvalue weighted by Crippen LogP contribution is 2.21. The Labute approximate surface area is 107 Å². The lowest BCUT2D eigenvalue weighted by molar-refractivity contribution is -0.384. The summed E-state index contributed by atoms with van der Waals surface area (Å²) in [6.07, 6.45) is 0. The van der Waals surface area contributed by atoms with Gasteiger partial charge in [0, 0.05) is 17.9 Å². The number of thioether (sulfide) groups is 1. The summed E-state index contributed by atoms with van der Waals surface area (Å²) in [6.45, 7) is 1.77. The number of nitro groups is 1. The topological polar surface area (TPSA) is 99.9 Å². The summed E-state index contributed by atoms with van der Waals surface area (Å²) in [4.78, 5) is 10.1. The fourth-order valence-corrected chi connectivity index (χ4v) is 2.17.